The van der Waals surface area contributed by atoms with Gasteiger partial charge in [-0.25, -0.2) is 0 Å². The van der Waals surface area contributed by atoms with E-state index >= 15 is 0 Å². The Kier molecular flexibility index (Phi) is 5.93. The molecule has 164 valence electrons. The highest BCUT2D eigenvalue weighted by molar-refractivity contribution is 5.99. The Balaban J connectivity index is 1.52. The standard InChI is InChI=1S/C27H30N4O/c28-16-20-8-9-22-15-26(27(32)30-17-19-10-12-29-13-11-19)31(25(22)14-20)18-23-6-3-5-21-4-1-2-7-24(21)23/h1-9,14-15,19,29H,10-13,16-18,28H2,(H,30,32). The van der Waals surface area contributed by atoms with Crippen molar-refractivity contribution < 1.29 is 4.79 Å². The van der Waals surface area contributed by atoms with Gasteiger partial charge in [0.25, 0.3) is 5.91 Å². The summed E-state index contributed by atoms with van der Waals surface area (Å²) in [6.45, 7) is 3.90. The van der Waals surface area contributed by atoms with Crippen LogP contribution in [0.15, 0.2) is 66.7 Å². The molecular formula is C27H30N4O. The highest BCUT2D eigenvalue weighted by atomic mass is 16.1. The lowest BCUT2D eigenvalue weighted by Gasteiger charge is -2.23. The van der Waals surface area contributed by atoms with Gasteiger partial charge in [-0.1, -0.05) is 54.6 Å². The highest BCUT2D eigenvalue weighted by Gasteiger charge is 2.19. The van der Waals surface area contributed by atoms with E-state index in [1.807, 2.05) is 12.1 Å². The molecule has 0 bridgehead atoms. The lowest BCUT2D eigenvalue weighted by Crippen LogP contribution is -2.36. The van der Waals surface area contributed by atoms with Gasteiger partial charge in [0.2, 0.25) is 0 Å². The fraction of sp³-hybridized carbons (Fsp3) is 0.296. The summed E-state index contributed by atoms with van der Waals surface area (Å²) in [6.07, 6.45) is 2.22. The third kappa shape index (κ3) is 4.14. The van der Waals surface area contributed by atoms with Crippen LogP contribution >= 0.6 is 0 Å². The number of benzene rings is 3. The number of rotatable bonds is 6. The molecule has 0 saturated carbocycles. The minimum absolute atomic E-state index is 0.00531. The molecule has 32 heavy (non-hydrogen) atoms. The molecule has 0 unspecified atom stereocenters. The molecule has 0 aliphatic carbocycles. The van der Waals surface area contributed by atoms with Crippen LogP contribution in [0.25, 0.3) is 21.7 Å². The predicted molar refractivity (Wildman–Crippen MR) is 131 cm³/mol. The fourth-order valence-electron chi connectivity index (χ4n) is 4.80. The van der Waals surface area contributed by atoms with Crippen molar-refractivity contribution >= 4 is 27.6 Å². The summed E-state index contributed by atoms with van der Waals surface area (Å²) in [5.41, 5.74) is 9.94. The Morgan fingerprint density at radius 1 is 1.00 bits per heavy atom. The summed E-state index contributed by atoms with van der Waals surface area (Å²) >= 11 is 0. The highest BCUT2D eigenvalue weighted by Crippen LogP contribution is 2.26. The van der Waals surface area contributed by atoms with Crippen molar-refractivity contribution in [1.82, 2.24) is 15.2 Å². The summed E-state index contributed by atoms with van der Waals surface area (Å²) in [5, 5.41) is 10.1. The van der Waals surface area contributed by atoms with E-state index in [4.69, 9.17) is 5.73 Å². The normalized spacial score (nSPS) is 14.8. The second-order valence-corrected chi connectivity index (χ2v) is 8.75. The Bertz CT molecular complexity index is 1250. The maximum atomic E-state index is 13.3. The first kappa shape index (κ1) is 20.7. The monoisotopic (exact) mass is 426 g/mol. The number of carbonyl (C=O) groups is 1. The maximum absolute atomic E-state index is 13.3. The predicted octanol–water partition coefficient (Wildman–Crippen LogP) is 4.03. The first-order valence-electron chi connectivity index (χ1n) is 11.5. The van der Waals surface area contributed by atoms with E-state index < -0.39 is 0 Å². The van der Waals surface area contributed by atoms with E-state index in [0.717, 1.165) is 48.9 Å². The smallest absolute Gasteiger partial charge is 0.267 e. The average Bonchev–Trinajstić information content (AvgIpc) is 3.21. The van der Waals surface area contributed by atoms with E-state index in [0.29, 0.717) is 24.7 Å². The van der Waals surface area contributed by atoms with Gasteiger partial charge in [0.15, 0.2) is 0 Å². The molecule has 0 atom stereocenters. The molecule has 1 aromatic heterocycles. The van der Waals surface area contributed by atoms with Crippen LogP contribution in [0.5, 0.6) is 0 Å². The second-order valence-electron chi connectivity index (χ2n) is 8.75. The third-order valence-corrected chi connectivity index (χ3v) is 6.66. The third-order valence-electron chi connectivity index (χ3n) is 6.66. The summed E-state index contributed by atoms with van der Waals surface area (Å²) in [6, 6.07) is 23.0. The molecule has 3 aromatic carbocycles. The van der Waals surface area contributed by atoms with Crippen LogP contribution in [0, 0.1) is 5.92 Å². The molecule has 4 aromatic rings. The van der Waals surface area contributed by atoms with E-state index in [1.165, 1.54) is 16.3 Å². The number of piperidine rings is 1. The largest absolute Gasteiger partial charge is 0.350 e. The summed E-state index contributed by atoms with van der Waals surface area (Å²) in [5.74, 6) is 0.536. The molecule has 5 heteroatoms. The molecule has 5 nitrogen and oxygen atoms in total. The van der Waals surface area contributed by atoms with Crippen LogP contribution in [0.1, 0.15) is 34.5 Å². The number of hydrogen-bond donors (Lipinski definition) is 3. The molecule has 5 rings (SSSR count). The van der Waals surface area contributed by atoms with Gasteiger partial charge >= 0.3 is 0 Å². The van der Waals surface area contributed by atoms with Crippen LogP contribution < -0.4 is 16.4 Å². The molecule has 1 amide bonds. The molecule has 0 spiro atoms. The number of hydrogen-bond acceptors (Lipinski definition) is 3. The molecule has 1 saturated heterocycles. The van der Waals surface area contributed by atoms with Crippen LogP contribution in [0.2, 0.25) is 0 Å². The van der Waals surface area contributed by atoms with Crippen LogP contribution in [0.4, 0.5) is 0 Å². The first-order chi connectivity index (χ1) is 15.7. The number of nitrogens with one attached hydrogen (secondary N) is 2. The van der Waals surface area contributed by atoms with Crippen molar-refractivity contribution in [3.63, 3.8) is 0 Å². The maximum Gasteiger partial charge on any atom is 0.267 e. The van der Waals surface area contributed by atoms with Crippen molar-refractivity contribution in [3.8, 4) is 0 Å². The van der Waals surface area contributed by atoms with Gasteiger partial charge in [-0.3, -0.25) is 4.79 Å². The van der Waals surface area contributed by atoms with Gasteiger partial charge < -0.3 is 20.9 Å². The number of carbonyl (C=O) groups excluding carboxylic acids is 1. The van der Waals surface area contributed by atoms with Crippen LogP contribution in [-0.4, -0.2) is 30.1 Å². The Morgan fingerprint density at radius 2 is 1.81 bits per heavy atom. The zero-order valence-corrected chi connectivity index (χ0v) is 18.3. The molecule has 1 fully saturated rings. The quantitative estimate of drug-likeness (QED) is 0.436. The van der Waals surface area contributed by atoms with Crippen molar-refractivity contribution in [2.24, 2.45) is 11.7 Å². The minimum Gasteiger partial charge on any atom is -0.350 e. The van der Waals surface area contributed by atoms with Gasteiger partial charge in [0, 0.05) is 30.5 Å². The first-order valence-corrected chi connectivity index (χ1v) is 11.5. The lowest BCUT2D eigenvalue weighted by atomic mass is 9.98. The molecule has 1 aliphatic rings. The van der Waals surface area contributed by atoms with Crippen molar-refractivity contribution in [2.75, 3.05) is 19.6 Å². The number of aromatic nitrogens is 1. The minimum atomic E-state index is -0.00531. The average molecular weight is 427 g/mol. The van der Waals surface area contributed by atoms with Gasteiger partial charge in [0.1, 0.15) is 5.69 Å². The Morgan fingerprint density at radius 3 is 2.66 bits per heavy atom. The summed E-state index contributed by atoms with van der Waals surface area (Å²) in [7, 11) is 0. The molecule has 0 radical (unpaired) electrons. The second kappa shape index (κ2) is 9.15. The van der Waals surface area contributed by atoms with Gasteiger partial charge in [0.05, 0.1) is 0 Å². The fourth-order valence-corrected chi connectivity index (χ4v) is 4.80. The van der Waals surface area contributed by atoms with Gasteiger partial charge in [-0.2, -0.15) is 0 Å². The van der Waals surface area contributed by atoms with Crippen molar-refractivity contribution in [2.45, 2.75) is 25.9 Å². The van der Waals surface area contributed by atoms with Gasteiger partial charge in [-0.05, 0) is 65.9 Å². The number of fused-ring (bicyclic) bond motifs is 2. The number of nitrogens with zero attached hydrogens (tertiary/aromatic N) is 1. The van der Waals surface area contributed by atoms with Crippen LogP contribution in [0.3, 0.4) is 0 Å². The SMILES string of the molecule is NCc1ccc2cc(C(=O)NCC3CCNCC3)n(Cc3cccc4ccccc34)c2c1. The summed E-state index contributed by atoms with van der Waals surface area (Å²) in [4.78, 5) is 13.3. The zero-order valence-electron chi connectivity index (χ0n) is 18.3. The number of amides is 1. The van der Waals surface area contributed by atoms with E-state index in [2.05, 4.69) is 69.8 Å². The van der Waals surface area contributed by atoms with Crippen LogP contribution in [-0.2, 0) is 13.1 Å². The number of nitrogens with two attached hydrogens (primary N) is 1. The molecule has 1 aliphatic heterocycles. The zero-order chi connectivity index (χ0) is 21.9. The molecule has 2 heterocycles. The van der Waals surface area contributed by atoms with Crippen molar-refractivity contribution in [3.05, 3.63) is 83.6 Å². The lowest BCUT2D eigenvalue weighted by molar-refractivity contribution is 0.0936. The van der Waals surface area contributed by atoms with Crippen molar-refractivity contribution in [1.29, 1.82) is 0 Å². The molecular weight excluding hydrogens is 396 g/mol. The van der Waals surface area contributed by atoms with E-state index in [1.54, 1.807) is 0 Å². The van der Waals surface area contributed by atoms with E-state index in [-0.39, 0.29) is 5.91 Å². The summed E-state index contributed by atoms with van der Waals surface area (Å²) < 4.78 is 2.15. The molecule has 4 N–H and O–H groups in total. The van der Waals surface area contributed by atoms with E-state index in [9.17, 15) is 4.79 Å². The Hall–Kier alpha value is -3.15. The topological polar surface area (TPSA) is 72.1 Å². The Labute approximate surface area is 188 Å². The van der Waals surface area contributed by atoms with Gasteiger partial charge in [-0.15, -0.1) is 0 Å².